The molecule has 7 aliphatic rings. The minimum Gasteiger partial charge on any atom is -0.493 e. The molecule has 24 nitrogen and oxygen atoms in total. The highest BCUT2D eigenvalue weighted by Gasteiger charge is 2.79. The Bertz CT molecular complexity index is 4740. The van der Waals surface area contributed by atoms with Crippen LogP contribution in [0.2, 0.25) is 0 Å². The van der Waals surface area contributed by atoms with Gasteiger partial charge in [0, 0.05) is 76.8 Å². The molecule has 2 N–H and O–H groups in total. The molecule has 2 aliphatic heterocycles. The van der Waals surface area contributed by atoms with Crippen LogP contribution in [0.4, 0.5) is 4.79 Å². The monoisotopic (exact) mass is 1590 g/mol. The summed E-state index contributed by atoms with van der Waals surface area (Å²) in [6.07, 6.45) is -9.99. The summed E-state index contributed by atoms with van der Waals surface area (Å²) in [6, 6.07) is 29.8. The van der Waals surface area contributed by atoms with Crippen LogP contribution < -0.4 is 15.5 Å². The van der Waals surface area contributed by atoms with Crippen LogP contribution in [-0.2, 0) is 82.6 Å². The summed E-state index contributed by atoms with van der Waals surface area (Å²) in [7, 11) is 2.91. The Balaban J connectivity index is 0.958. The fourth-order valence-electron chi connectivity index (χ4n) is 15.7. The third-order valence-corrected chi connectivity index (χ3v) is 24.5. The van der Waals surface area contributed by atoms with Crippen molar-refractivity contribution in [2.45, 2.75) is 224 Å². The molecule has 0 radical (unpaired) electrons. The summed E-state index contributed by atoms with van der Waals surface area (Å²) in [4.78, 5) is 159. The number of hydrogen-bond acceptors (Lipinski definition) is 25. The van der Waals surface area contributed by atoms with Crippen molar-refractivity contribution < 1.29 is 105 Å². The number of fused-ring (bicyclic) bond motifs is 7. The number of nitrogens with one attached hydrogen (secondary N) is 1. The molecule has 12 atom stereocenters. The van der Waals surface area contributed by atoms with E-state index in [1.807, 2.05) is 26.8 Å². The Hall–Kier alpha value is -9.63. The number of carbonyl (C=O) groups excluding carboxylic acids is 10. The number of aliphatic hydroxyl groups is 1. The topological polar surface area (TPSA) is 325 Å². The number of amides is 1. The van der Waals surface area contributed by atoms with Crippen LogP contribution in [0.15, 0.2) is 152 Å². The van der Waals surface area contributed by atoms with E-state index in [0.29, 0.717) is 80.7 Å². The van der Waals surface area contributed by atoms with Gasteiger partial charge >= 0.3 is 47.9 Å². The van der Waals surface area contributed by atoms with E-state index in [0.717, 1.165) is 6.92 Å². The molecule has 0 aromatic heterocycles. The number of ether oxygens (including phenoxy) is 10. The first-order chi connectivity index (χ1) is 53.4. The summed E-state index contributed by atoms with van der Waals surface area (Å²) >= 11 is 0. The van der Waals surface area contributed by atoms with Gasteiger partial charge < -0.3 is 67.0 Å². The average Bonchev–Trinajstić information content (AvgIpc) is 1.37. The van der Waals surface area contributed by atoms with Crippen LogP contribution >= 0.6 is 21.6 Å². The van der Waals surface area contributed by atoms with Gasteiger partial charge in [0.05, 0.1) is 60.7 Å². The molecular formula is C87H99NO23S2. The lowest BCUT2D eigenvalue weighted by Gasteiger charge is -2.67. The molecule has 2 heterocycles. The van der Waals surface area contributed by atoms with Gasteiger partial charge in [-0.2, -0.15) is 0 Å². The molecule has 4 aromatic rings. The van der Waals surface area contributed by atoms with E-state index in [9.17, 15) is 43.5 Å². The van der Waals surface area contributed by atoms with Gasteiger partial charge in [-0.15, -0.1) is 0 Å². The van der Waals surface area contributed by atoms with E-state index >= 15 is 14.4 Å². The molecule has 1 amide bonds. The van der Waals surface area contributed by atoms with Gasteiger partial charge in [-0.25, -0.2) is 19.2 Å². The molecule has 3 saturated carbocycles. The maximum absolute atomic E-state index is 17.1. The fraction of sp³-hybridized carbons (Fsp3) is 0.483. The number of esters is 7. The van der Waals surface area contributed by atoms with E-state index in [2.05, 4.69) is 5.32 Å². The Kier molecular flexibility index (Phi) is 25.8. The predicted molar refractivity (Wildman–Crippen MR) is 419 cm³/mol. The van der Waals surface area contributed by atoms with Crippen molar-refractivity contribution in [1.29, 1.82) is 0 Å². The Labute approximate surface area is 664 Å². The molecule has 1 unspecified atom stereocenters. The van der Waals surface area contributed by atoms with Gasteiger partial charge in [-0.1, -0.05) is 122 Å². The summed E-state index contributed by atoms with van der Waals surface area (Å²) in [5, 5.41) is 18.0. The predicted octanol–water partition coefficient (Wildman–Crippen LogP) is 14.2. The van der Waals surface area contributed by atoms with Crippen LogP contribution in [0.1, 0.15) is 175 Å². The second-order valence-electron chi connectivity index (χ2n) is 32.4. The summed E-state index contributed by atoms with van der Waals surface area (Å²) in [5.41, 5.74) is -6.75. The van der Waals surface area contributed by atoms with Crippen molar-refractivity contribution in [2.24, 2.45) is 28.6 Å². The molecule has 113 heavy (non-hydrogen) atoms. The minimum absolute atomic E-state index is 0.0161. The first-order valence-electron chi connectivity index (χ1n) is 38.2. The van der Waals surface area contributed by atoms with Crippen LogP contribution in [0.5, 0.6) is 5.75 Å². The van der Waals surface area contributed by atoms with Crippen molar-refractivity contribution >= 4 is 92.0 Å². The largest absolute Gasteiger partial charge is 0.493 e. The van der Waals surface area contributed by atoms with Gasteiger partial charge in [0.15, 0.2) is 22.9 Å². The van der Waals surface area contributed by atoms with Crippen LogP contribution in [-0.4, -0.2) is 149 Å². The second kappa shape index (κ2) is 34.6. The molecule has 0 spiro atoms. The Morgan fingerprint density at radius 3 is 2.16 bits per heavy atom. The minimum atomic E-state index is -2.62. The second-order valence-corrected chi connectivity index (χ2v) is 35.1. The molecule has 11 rings (SSSR count). The summed E-state index contributed by atoms with van der Waals surface area (Å²) in [6.45, 7) is 22.5. The molecule has 5 aliphatic carbocycles. The van der Waals surface area contributed by atoms with Gasteiger partial charge in [0.2, 0.25) is 6.10 Å². The zero-order valence-electron chi connectivity index (χ0n) is 66.1. The van der Waals surface area contributed by atoms with Crippen LogP contribution in [0, 0.1) is 28.6 Å². The zero-order chi connectivity index (χ0) is 81.8. The quantitative estimate of drug-likeness (QED) is 0.0110. The highest BCUT2D eigenvalue weighted by atomic mass is 33.1. The number of rotatable bonds is 29. The van der Waals surface area contributed by atoms with E-state index < -0.39 is 149 Å². The third-order valence-electron chi connectivity index (χ3n) is 21.5. The maximum atomic E-state index is 17.1. The molecule has 4 aromatic carbocycles. The highest BCUT2D eigenvalue weighted by Crippen LogP contribution is 2.65. The number of carbonyl (C=O) groups is 10. The number of ketones is 2. The van der Waals surface area contributed by atoms with Crippen LogP contribution in [0.3, 0.4) is 0 Å². The first kappa shape index (κ1) is 84.3. The lowest BCUT2D eigenvalue weighted by atomic mass is 9.44. The van der Waals surface area contributed by atoms with Gasteiger partial charge in [0.1, 0.15) is 58.5 Å². The molecular weight excluding hydrogens is 1490 g/mol. The van der Waals surface area contributed by atoms with Crippen molar-refractivity contribution in [3.63, 3.8) is 0 Å². The van der Waals surface area contributed by atoms with E-state index in [1.54, 1.807) is 133 Å². The normalized spacial score (nSPS) is 23.7. The SMILES string of the molecule is CC(=O)CCC(C)SSc1ccccc1CC(=O)O[C@@H](C(=O)O[C@H]1C[C@@]2(O)[C@@H](OC(=O)c3ccccc3)[C@@H]3[C@]4(OC(C)=O)CO[C@@H]4C[C@H](OC(=O)CCCOc4ccc5c(-c6ccccc6C(=O)OCC(C)C)c6ccc(=O)cc-6oc5c4)[C@@]3(C)C(=O)[C@H](OC(=O)C3CC3)C(=C1C)C2(C)C)[C@H](C=C(C)C)NC(=O)OC(C)(C)C. The van der Waals surface area contributed by atoms with Crippen molar-refractivity contribution in [3.05, 3.63) is 165 Å². The molecule has 602 valence electrons. The van der Waals surface area contributed by atoms with E-state index in [-0.39, 0.29) is 83.7 Å². The fourth-order valence-corrected chi connectivity index (χ4v) is 18.2. The number of hydrogen-bond donors (Lipinski definition) is 2. The van der Waals surface area contributed by atoms with Crippen LogP contribution in [0.25, 0.3) is 33.4 Å². The first-order valence-corrected chi connectivity index (χ1v) is 40.4. The molecule has 1 saturated heterocycles. The number of benzene rings is 5. The number of alkyl carbamates (subject to hydrolysis) is 1. The third kappa shape index (κ3) is 18.6. The van der Waals surface area contributed by atoms with Gasteiger partial charge in [-0.05, 0) is 158 Å². The van der Waals surface area contributed by atoms with E-state index in [1.165, 1.54) is 72.7 Å². The van der Waals surface area contributed by atoms with E-state index in [4.69, 9.17) is 51.8 Å². The van der Waals surface area contributed by atoms with Crippen molar-refractivity contribution in [3.8, 4) is 28.2 Å². The number of Topliss-reactive ketones (excluding diaryl/α,β-unsaturated/α-hetero) is 2. The molecule has 4 fully saturated rings. The lowest BCUT2D eigenvalue weighted by Crippen LogP contribution is -2.82. The Morgan fingerprint density at radius 2 is 1.49 bits per heavy atom. The summed E-state index contributed by atoms with van der Waals surface area (Å²) < 4.78 is 69.4. The standard InChI is InChI=1S/C87H99NO23S2/c1-47(2)39-62(88-82(99)111-83(9,10)11)73(107-70(93)40-55-25-18-21-28-66(55)113-112-50(6)31-30-49(5)89)81(98)105-65-44-87(100)77(109-79(96)53-23-16-15-17-24-53)75-85(14,76(94)74(108-78(95)54-32-33-54)72(51(65)7)84(87,12)13)67(43-68-86(75,46-103-68)110-52(8)90)106-69(92)29-22-38-101-57-35-37-61-64(42-57)104-63-41-56(91)34-36-60(63)71(61)58-26-19-20-27-59(58)80(97)102-45-48(3)4/h15-21,23-28,34-37,39,41-42,48,50,54,62,65,67-68,73-75,77,100H,22,29-33,38,40,43-46H2,1-14H3,(H,88,99)/t50?,62-,65-,67-,68+,73+,74+,75-,77-,85+,86-,87+/m0/s1. The van der Waals surface area contributed by atoms with Crippen molar-refractivity contribution in [1.82, 2.24) is 5.32 Å². The summed E-state index contributed by atoms with van der Waals surface area (Å²) in [5.74, 6) is -8.92. The lowest BCUT2D eigenvalue weighted by molar-refractivity contribution is -0.346. The maximum Gasteiger partial charge on any atom is 0.408 e. The average molecular weight is 1590 g/mol. The Morgan fingerprint density at radius 1 is 0.779 bits per heavy atom. The van der Waals surface area contributed by atoms with Gasteiger partial charge in [-0.3, -0.25) is 28.8 Å². The zero-order valence-corrected chi connectivity index (χ0v) is 67.8. The van der Waals surface area contributed by atoms with Crippen molar-refractivity contribution in [2.75, 3.05) is 19.8 Å². The smallest absolute Gasteiger partial charge is 0.408 e. The molecule has 26 heteroatoms. The van der Waals surface area contributed by atoms with Gasteiger partial charge in [0.25, 0.3) is 0 Å². The number of allylic oxidation sites excluding steroid dienone is 1. The highest BCUT2D eigenvalue weighted by molar-refractivity contribution is 8.77. The molecule has 2 bridgehead atoms.